The molecule has 1 aromatic heterocycles. The van der Waals surface area contributed by atoms with E-state index >= 15 is 0 Å². The Bertz CT molecular complexity index is 866. The molecular formula is C17H14FN3O2S. The topological polar surface area (TPSA) is 68.0 Å². The fourth-order valence-corrected chi connectivity index (χ4v) is 2.60. The third-order valence-electron chi connectivity index (χ3n) is 3.15. The Hall–Kier alpha value is -2.67. The van der Waals surface area contributed by atoms with Crippen LogP contribution in [-0.2, 0) is 4.79 Å². The van der Waals surface area contributed by atoms with Crippen LogP contribution in [0.3, 0.4) is 0 Å². The van der Waals surface area contributed by atoms with Crippen LogP contribution in [0.5, 0.6) is 0 Å². The standard InChI is InChI=1S/C17H14FN3O2S/c1-11-5-4-6-12(9-11)16-20-21-17(23-16)24-10-15(22)19-14-8-3-2-7-13(14)18/h2-9H,10H2,1H3,(H,19,22). The molecule has 1 amide bonds. The average molecular weight is 343 g/mol. The second-order valence-electron chi connectivity index (χ2n) is 5.06. The normalized spacial score (nSPS) is 10.6. The number of hydrogen-bond acceptors (Lipinski definition) is 5. The van der Waals surface area contributed by atoms with Gasteiger partial charge in [-0.15, -0.1) is 10.2 Å². The number of nitrogens with zero attached hydrogens (tertiary/aromatic N) is 2. The molecule has 1 heterocycles. The van der Waals surface area contributed by atoms with Crippen LogP contribution >= 0.6 is 11.8 Å². The van der Waals surface area contributed by atoms with Crippen molar-refractivity contribution in [2.45, 2.75) is 12.1 Å². The first-order valence-electron chi connectivity index (χ1n) is 7.19. The summed E-state index contributed by atoms with van der Waals surface area (Å²) in [6.45, 7) is 1.97. The summed E-state index contributed by atoms with van der Waals surface area (Å²) in [6.07, 6.45) is 0. The second-order valence-corrected chi connectivity index (χ2v) is 5.99. The van der Waals surface area contributed by atoms with Gasteiger partial charge in [-0.05, 0) is 31.2 Å². The Morgan fingerprint density at radius 2 is 2.04 bits per heavy atom. The molecule has 0 aliphatic heterocycles. The maximum absolute atomic E-state index is 13.5. The van der Waals surface area contributed by atoms with Gasteiger partial charge in [-0.1, -0.05) is 41.6 Å². The number of rotatable bonds is 5. The van der Waals surface area contributed by atoms with Gasteiger partial charge in [0.15, 0.2) is 0 Å². The fourth-order valence-electron chi connectivity index (χ4n) is 2.04. The van der Waals surface area contributed by atoms with E-state index in [4.69, 9.17) is 4.42 Å². The van der Waals surface area contributed by atoms with Gasteiger partial charge in [0, 0.05) is 5.56 Å². The van der Waals surface area contributed by atoms with Crippen molar-refractivity contribution in [1.29, 1.82) is 0 Å². The molecule has 5 nitrogen and oxygen atoms in total. The van der Waals surface area contributed by atoms with Gasteiger partial charge in [0.25, 0.3) is 5.22 Å². The lowest BCUT2D eigenvalue weighted by Crippen LogP contribution is -2.14. The summed E-state index contributed by atoms with van der Waals surface area (Å²) in [4.78, 5) is 11.9. The lowest BCUT2D eigenvalue weighted by molar-refractivity contribution is -0.113. The smallest absolute Gasteiger partial charge is 0.277 e. The number of anilines is 1. The third kappa shape index (κ3) is 3.99. The van der Waals surface area contributed by atoms with Gasteiger partial charge in [-0.2, -0.15) is 0 Å². The van der Waals surface area contributed by atoms with Gasteiger partial charge in [0.2, 0.25) is 11.8 Å². The number of amides is 1. The first-order valence-corrected chi connectivity index (χ1v) is 8.18. The van der Waals surface area contributed by atoms with Gasteiger partial charge in [-0.3, -0.25) is 4.79 Å². The van der Waals surface area contributed by atoms with E-state index in [0.29, 0.717) is 5.89 Å². The van der Waals surface area contributed by atoms with E-state index in [9.17, 15) is 9.18 Å². The van der Waals surface area contributed by atoms with Crippen molar-refractivity contribution in [1.82, 2.24) is 10.2 Å². The van der Waals surface area contributed by atoms with E-state index in [-0.39, 0.29) is 22.6 Å². The molecule has 0 saturated heterocycles. The van der Waals surface area contributed by atoms with E-state index in [1.54, 1.807) is 12.1 Å². The molecule has 0 aliphatic rings. The predicted molar refractivity (Wildman–Crippen MR) is 90.2 cm³/mol. The summed E-state index contributed by atoms with van der Waals surface area (Å²) in [6, 6.07) is 13.7. The highest BCUT2D eigenvalue weighted by molar-refractivity contribution is 7.99. The zero-order valence-electron chi connectivity index (χ0n) is 12.8. The highest BCUT2D eigenvalue weighted by Crippen LogP contribution is 2.24. The summed E-state index contributed by atoms with van der Waals surface area (Å²) in [5, 5.41) is 10.7. The summed E-state index contributed by atoms with van der Waals surface area (Å²) < 4.78 is 19.0. The Labute approximate surface area is 142 Å². The number of aromatic nitrogens is 2. The zero-order chi connectivity index (χ0) is 16.9. The quantitative estimate of drug-likeness (QED) is 0.711. The van der Waals surface area contributed by atoms with Crippen molar-refractivity contribution < 1.29 is 13.6 Å². The van der Waals surface area contributed by atoms with Crippen molar-refractivity contribution in [2.24, 2.45) is 0 Å². The zero-order valence-corrected chi connectivity index (χ0v) is 13.6. The van der Waals surface area contributed by atoms with Gasteiger partial charge >= 0.3 is 0 Å². The first kappa shape index (κ1) is 16.2. The van der Waals surface area contributed by atoms with E-state index in [1.165, 1.54) is 12.1 Å². The summed E-state index contributed by atoms with van der Waals surface area (Å²) in [5.74, 6) is -0.379. The predicted octanol–water partition coefficient (Wildman–Crippen LogP) is 3.91. The Morgan fingerprint density at radius 1 is 1.21 bits per heavy atom. The van der Waals surface area contributed by atoms with Crippen LogP contribution in [0.1, 0.15) is 5.56 Å². The molecule has 0 saturated carbocycles. The molecule has 0 atom stereocenters. The number of thioether (sulfide) groups is 1. The number of aryl methyl sites for hydroxylation is 1. The van der Waals surface area contributed by atoms with Crippen LogP contribution in [0.4, 0.5) is 10.1 Å². The molecule has 1 N–H and O–H groups in total. The molecule has 0 bridgehead atoms. The van der Waals surface area contributed by atoms with E-state index < -0.39 is 5.82 Å². The molecular weight excluding hydrogens is 329 g/mol. The third-order valence-corrected chi connectivity index (χ3v) is 3.96. The van der Waals surface area contributed by atoms with Gasteiger partial charge < -0.3 is 9.73 Å². The van der Waals surface area contributed by atoms with Crippen molar-refractivity contribution in [3.05, 3.63) is 59.9 Å². The highest BCUT2D eigenvalue weighted by Gasteiger charge is 2.12. The van der Waals surface area contributed by atoms with Crippen LogP contribution in [0.25, 0.3) is 11.5 Å². The number of para-hydroxylation sites is 1. The number of benzene rings is 2. The molecule has 24 heavy (non-hydrogen) atoms. The molecule has 122 valence electrons. The first-order chi connectivity index (χ1) is 11.6. The minimum Gasteiger partial charge on any atom is -0.411 e. The molecule has 3 rings (SSSR count). The van der Waals surface area contributed by atoms with Crippen LogP contribution in [0, 0.1) is 12.7 Å². The van der Waals surface area contributed by atoms with Gasteiger partial charge in [0.1, 0.15) is 5.82 Å². The Balaban J connectivity index is 1.59. The number of hydrogen-bond donors (Lipinski definition) is 1. The number of halogens is 1. The monoisotopic (exact) mass is 343 g/mol. The number of carbonyl (C=O) groups is 1. The highest BCUT2D eigenvalue weighted by atomic mass is 32.2. The van der Waals surface area contributed by atoms with Gasteiger partial charge in [0.05, 0.1) is 11.4 Å². The van der Waals surface area contributed by atoms with Crippen molar-refractivity contribution in [3.63, 3.8) is 0 Å². The molecule has 7 heteroatoms. The largest absolute Gasteiger partial charge is 0.411 e. The lowest BCUT2D eigenvalue weighted by Gasteiger charge is -2.04. The average Bonchev–Trinajstić information content (AvgIpc) is 3.04. The fraction of sp³-hybridized carbons (Fsp3) is 0.118. The molecule has 0 aliphatic carbocycles. The maximum atomic E-state index is 13.5. The lowest BCUT2D eigenvalue weighted by atomic mass is 10.1. The molecule has 0 radical (unpaired) electrons. The van der Waals surface area contributed by atoms with Crippen LogP contribution in [-0.4, -0.2) is 21.9 Å². The van der Waals surface area contributed by atoms with Gasteiger partial charge in [-0.25, -0.2) is 4.39 Å². The molecule has 0 fully saturated rings. The minimum absolute atomic E-state index is 0.0454. The van der Waals surface area contributed by atoms with Crippen LogP contribution in [0.15, 0.2) is 58.2 Å². The molecule has 0 spiro atoms. The molecule has 3 aromatic rings. The minimum atomic E-state index is -0.477. The van der Waals surface area contributed by atoms with E-state index in [0.717, 1.165) is 22.9 Å². The number of nitrogens with one attached hydrogen (secondary N) is 1. The van der Waals surface area contributed by atoms with Crippen molar-refractivity contribution >= 4 is 23.4 Å². The SMILES string of the molecule is Cc1cccc(-c2nnc(SCC(=O)Nc3ccccc3F)o2)c1. The molecule has 2 aromatic carbocycles. The van der Waals surface area contributed by atoms with E-state index in [2.05, 4.69) is 15.5 Å². The Morgan fingerprint density at radius 3 is 2.83 bits per heavy atom. The van der Waals surface area contributed by atoms with E-state index in [1.807, 2.05) is 31.2 Å². The van der Waals surface area contributed by atoms with Crippen molar-refractivity contribution in [3.8, 4) is 11.5 Å². The summed E-state index contributed by atoms with van der Waals surface area (Å²) >= 11 is 1.10. The van der Waals surface area contributed by atoms with Crippen LogP contribution in [0.2, 0.25) is 0 Å². The summed E-state index contributed by atoms with van der Waals surface area (Å²) in [7, 11) is 0. The van der Waals surface area contributed by atoms with Crippen molar-refractivity contribution in [2.75, 3.05) is 11.1 Å². The molecule has 0 unspecified atom stereocenters. The maximum Gasteiger partial charge on any atom is 0.277 e. The second kappa shape index (κ2) is 7.27. The Kier molecular flexibility index (Phi) is 4.90. The van der Waals surface area contributed by atoms with Crippen LogP contribution < -0.4 is 5.32 Å². The number of carbonyl (C=O) groups excluding carboxylic acids is 1. The summed E-state index contributed by atoms with van der Waals surface area (Å²) in [5.41, 5.74) is 2.06.